The molecule has 0 rings (SSSR count). The second kappa shape index (κ2) is 20.6. The zero-order chi connectivity index (χ0) is 0. The van der Waals surface area contributed by atoms with Crippen LogP contribution >= 0.6 is 19.8 Å². The summed E-state index contributed by atoms with van der Waals surface area (Å²) in [7, 11) is 0. The topological polar surface area (TPSA) is 0 Å². The van der Waals surface area contributed by atoms with Crippen molar-refractivity contribution in [2.24, 2.45) is 0 Å². The van der Waals surface area contributed by atoms with Crippen molar-refractivity contribution in [3.63, 3.8) is 0 Å². The van der Waals surface area contributed by atoms with Crippen molar-refractivity contribution in [2.75, 3.05) is 0 Å². The Balaban J connectivity index is 0. The molecule has 0 aromatic heterocycles. The smallest absolute Gasteiger partial charge is 3.00 e. The van der Waals surface area contributed by atoms with Gasteiger partial charge in [0, 0.05) is 0 Å². The first-order valence-corrected chi connectivity index (χ1v) is 0. The van der Waals surface area contributed by atoms with Crippen LogP contribution in [0.5, 0.6) is 0 Å². The van der Waals surface area contributed by atoms with Crippen molar-refractivity contribution in [2.45, 2.75) is 0 Å². The molecule has 0 amide bonds. The van der Waals surface area contributed by atoms with Crippen molar-refractivity contribution in [3.05, 3.63) is 0 Å². The molecule has 21 valence electrons. The third kappa shape index (κ3) is 9.07. The van der Waals surface area contributed by atoms with Crippen molar-refractivity contribution in [3.8, 4) is 0 Å². The number of rotatable bonds is 0. The molecule has 0 aromatic carbocycles. The van der Waals surface area contributed by atoms with Crippen LogP contribution in [0.1, 0.15) is 0 Å². The van der Waals surface area contributed by atoms with Gasteiger partial charge in [0.25, 0.3) is 0 Å². The number of hydrogen-bond donors (Lipinski definition) is 0. The maximum Gasteiger partial charge on any atom is 3.00 e. The van der Waals surface area contributed by atoms with Crippen molar-refractivity contribution in [1.29, 1.82) is 0 Å². The van der Waals surface area contributed by atoms with E-state index in [4.69, 9.17) is 0 Å². The second-order valence-electron chi connectivity index (χ2n) is 0. The number of hydrogen-bond acceptors (Lipinski definition) is 0. The van der Waals surface area contributed by atoms with Gasteiger partial charge in [-0.15, -0.1) is 0 Å². The summed E-state index contributed by atoms with van der Waals surface area (Å²) in [6.45, 7) is 0. The third-order valence-corrected chi connectivity index (χ3v) is 0. The molecule has 0 atom stereocenters. The first-order valence-electron chi connectivity index (χ1n) is 0. The van der Waals surface area contributed by atoms with Gasteiger partial charge in [-0.25, -0.2) is 0 Å². The first kappa shape index (κ1) is 39.0. The van der Waals surface area contributed by atoms with E-state index >= 15 is 0 Å². The van der Waals surface area contributed by atoms with Crippen LogP contribution in [-0.2, 0) is 17.1 Å². The summed E-state index contributed by atoms with van der Waals surface area (Å²) >= 11 is 0. The van der Waals surface area contributed by atoms with Crippen LogP contribution in [0.25, 0.3) is 0 Å². The minimum Gasteiger partial charge on any atom is -3.00 e. The summed E-state index contributed by atoms with van der Waals surface area (Å²) in [6, 6.07) is 0. The fraction of sp³-hybridized carbons (Fsp3) is 0. The summed E-state index contributed by atoms with van der Waals surface area (Å²) in [6.07, 6.45) is 0. The first-order chi connectivity index (χ1) is 0. The summed E-state index contributed by atoms with van der Waals surface area (Å²) < 4.78 is 0. The minimum absolute atomic E-state index is 0. The van der Waals surface area contributed by atoms with Crippen molar-refractivity contribution < 1.29 is 17.1 Å². The Morgan fingerprint density at radius 1 is 0.750 bits per heavy atom. The molecule has 0 bridgehead atoms. The molecule has 0 N–H and O–H groups in total. The van der Waals surface area contributed by atoms with Crippen molar-refractivity contribution in [1.82, 2.24) is 0 Å². The van der Waals surface area contributed by atoms with E-state index in [1.165, 1.54) is 0 Å². The van der Waals surface area contributed by atoms with Crippen LogP contribution in [0.2, 0.25) is 0 Å². The summed E-state index contributed by atoms with van der Waals surface area (Å²) in [5.74, 6) is 0. The molecule has 0 nitrogen and oxygen atoms in total. The molecular weight excluding hydrogens is 145 g/mol. The van der Waals surface area contributed by atoms with Gasteiger partial charge in [-0.1, -0.05) is 0 Å². The Morgan fingerprint density at radius 2 is 0.750 bits per heavy atom. The van der Waals surface area contributed by atoms with E-state index in [9.17, 15) is 0 Å². The van der Waals surface area contributed by atoms with E-state index in [0.717, 1.165) is 0 Å². The average molecular weight is 145 g/mol. The molecule has 0 aliphatic carbocycles. The quantitative estimate of drug-likeness (QED) is 0.356. The van der Waals surface area contributed by atoms with Crippen LogP contribution in [0.3, 0.4) is 0 Å². The summed E-state index contributed by atoms with van der Waals surface area (Å²) in [5, 5.41) is 0. The summed E-state index contributed by atoms with van der Waals surface area (Å²) in [5.41, 5.74) is 0. The van der Waals surface area contributed by atoms with E-state index in [1.807, 2.05) is 0 Å². The van der Waals surface area contributed by atoms with Gasteiger partial charge in [0.2, 0.25) is 0 Å². The van der Waals surface area contributed by atoms with Gasteiger partial charge >= 0.3 is 34.4 Å². The molecule has 0 fully saturated rings. The second-order valence-corrected chi connectivity index (χ2v) is 0. The van der Waals surface area contributed by atoms with Gasteiger partial charge in [-0.2, -0.15) is 0 Å². The Hall–Kier alpha value is 1.91. The molecule has 0 saturated carbocycles. The largest absolute Gasteiger partial charge is 3.00 e. The maximum absolute atomic E-state index is 0. The van der Waals surface area contributed by atoms with E-state index in [2.05, 4.69) is 0 Å². The normalized spacial score (nSPS) is 0. The van der Waals surface area contributed by atoms with E-state index in [-0.39, 0.29) is 54.2 Å². The third-order valence-electron chi connectivity index (χ3n) is 0. The molecular formula is AlFeP2. The minimum atomic E-state index is 0. The van der Waals surface area contributed by atoms with E-state index in [0.29, 0.717) is 0 Å². The molecule has 4 heteroatoms. The standard InChI is InChI=1S/Al.Fe.2P/q2*+3;2*-3. The van der Waals surface area contributed by atoms with Crippen LogP contribution in [-0.4, -0.2) is 17.4 Å². The molecule has 4 heavy (non-hydrogen) atoms. The van der Waals surface area contributed by atoms with E-state index in [1.54, 1.807) is 0 Å². The zero-order valence-electron chi connectivity index (χ0n) is 1.83. The fourth-order valence-corrected chi connectivity index (χ4v) is 0. The van der Waals surface area contributed by atoms with Crippen LogP contribution in [0, 0.1) is 0 Å². The van der Waals surface area contributed by atoms with Gasteiger partial charge in [-0.3, -0.25) is 0 Å². The van der Waals surface area contributed by atoms with Crippen molar-refractivity contribution >= 4 is 37.2 Å². The summed E-state index contributed by atoms with van der Waals surface area (Å²) in [4.78, 5) is 0. The van der Waals surface area contributed by atoms with Crippen LogP contribution in [0.15, 0.2) is 0 Å². The van der Waals surface area contributed by atoms with Crippen LogP contribution < -0.4 is 0 Å². The molecule has 0 aromatic rings. The van der Waals surface area contributed by atoms with Crippen LogP contribution in [0.4, 0.5) is 0 Å². The molecule has 0 spiro atoms. The zero-order valence-corrected chi connectivity index (χ0v) is 5.87. The molecule has 0 heterocycles. The van der Waals surface area contributed by atoms with E-state index < -0.39 is 0 Å². The Kier molecular flexibility index (Phi) is 201. The van der Waals surface area contributed by atoms with Gasteiger partial charge in [0.15, 0.2) is 0 Å². The predicted molar refractivity (Wildman–Crippen MR) is 19.6 cm³/mol. The molecule has 0 unspecified atom stereocenters. The molecule has 1 radical (unpaired) electrons. The SMILES string of the molecule is [Al+3].[Fe+3].[P-3].[P-3]. The fourth-order valence-electron chi connectivity index (χ4n) is 0. The monoisotopic (exact) mass is 145 g/mol. The Labute approximate surface area is 54.3 Å². The maximum atomic E-state index is 0. The van der Waals surface area contributed by atoms with Gasteiger partial charge in [-0.05, 0) is 0 Å². The molecule has 0 aliphatic heterocycles. The molecule has 0 aliphatic rings. The van der Waals surface area contributed by atoms with Gasteiger partial charge < -0.3 is 19.8 Å². The Bertz CT molecular complexity index is 6.00. The van der Waals surface area contributed by atoms with Gasteiger partial charge in [0.1, 0.15) is 0 Å². The molecule has 0 saturated heterocycles. The predicted octanol–water partition coefficient (Wildman–Crippen LogP) is 1.34. The average Bonchev–Trinajstić information content (AvgIpc) is 0. The Morgan fingerprint density at radius 3 is 0.750 bits per heavy atom. The van der Waals surface area contributed by atoms with Gasteiger partial charge in [0.05, 0.1) is 0 Å².